The molecule has 2 atom stereocenters. The van der Waals surface area contributed by atoms with Crippen LogP contribution >= 0.6 is 11.6 Å². The van der Waals surface area contributed by atoms with E-state index in [4.69, 9.17) is 17.3 Å². The smallest absolute Gasteiger partial charge is 0.261 e. The molecule has 2 aromatic rings. The number of rotatable bonds is 2. The van der Waals surface area contributed by atoms with Crippen LogP contribution < -0.4 is 10.6 Å². The molecule has 1 aliphatic heterocycles. The van der Waals surface area contributed by atoms with Gasteiger partial charge in [-0.15, -0.1) is 0 Å². The van der Waals surface area contributed by atoms with Crippen LogP contribution in [0.4, 0.5) is 10.1 Å². The number of carbonyl (C=O) groups excluding carboxylic acids is 2. The summed E-state index contributed by atoms with van der Waals surface area (Å²) in [6.45, 7) is 1.81. The Morgan fingerprint density at radius 3 is 2.67 bits per heavy atom. The Labute approximate surface area is 144 Å². The Morgan fingerprint density at radius 2 is 1.96 bits per heavy atom. The molecular weight excluding hydrogens is 331 g/mol. The normalized spacial score (nSPS) is 19.7. The summed E-state index contributed by atoms with van der Waals surface area (Å²) < 4.78 is 14.1. The first-order valence-corrected chi connectivity index (χ1v) is 7.94. The molecule has 1 aliphatic rings. The minimum absolute atomic E-state index is 0.0957. The fourth-order valence-corrected chi connectivity index (χ4v) is 3.35. The highest BCUT2D eigenvalue weighted by Crippen LogP contribution is 2.39. The van der Waals surface area contributed by atoms with E-state index in [9.17, 15) is 14.0 Å². The number of benzene rings is 2. The quantitative estimate of drug-likeness (QED) is 0.904. The van der Waals surface area contributed by atoms with E-state index in [1.165, 1.54) is 23.1 Å². The number of nitrogens with two attached hydrogens (primary N) is 1. The summed E-state index contributed by atoms with van der Waals surface area (Å²) in [5, 5.41) is 0.285. The van der Waals surface area contributed by atoms with Crippen LogP contribution in [-0.4, -0.2) is 17.9 Å². The van der Waals surface area contributed by atoms with Crippen molar-refractivity contribution in [3.05, 3.63) is 64.4 Å². The number of nitrogens with zero attached hydrogens (tertiary/aromatic N) is 1. The zero-order valence-electron chi connectivity index (χ0n) is 13.0. The lowest BCUT2D eigenvalue weighted by molar-refractivity contribution is -0.119. The standard InChI is InChI=1S/C18H16ClFN2O2/c1-10-8-13(17(21)23)12-4-2-3-5-16(12)22(10)18(24)14-9-11(19)6-7-15(14)20/h2-7,9-10,13H,8H2,1H3,(H2,21,23)/t10-,13-/m1/s1. The number of para-hydroxylation sites is 1. The number of carbonyl (C=O) groups is 2. The third-order valence-corrected chi connectivity index (χ3v) is 4.55. The van der Waals surface area contributed by atoms with E-state index in [-0.39, 0.29) is 16.6 Å². The predicted octanol–water partition coefficient (Wildman–Crippen LogP) is 3.49. The van der Waals surface area contributed by atoms with E-state index < -0.39 is 23.5 Å². The number of hydrogen-bond donors (Lipinski definition) is 1. The number of fused-ring (bicyclic) bond motifs is 1. The van der Waals surface area contributed by atoms with Crippen molar-refractivity contribution in [1.29, 1.82) is 0 Å². The summed E-state index contributed by atoms with van der Waals surface area (Å²) in [7, 11) is 0. The van der Waals surface area contributed by atoms with Crippen molar-refractivity contribution < 1.29 is 14.0 Å². The molecule has 0 saturated heterocycles. The average Bonchev–Trinajstić information content (AvgIpc) is 2.55. The van der Waals surface area contributed by atoms with Crippen molar-refractivity contribution >= 4 is 29.1 Å². The van der Waals surface area contributed by atoms with E-state index in [1.807, 2.05) is 6.92 Å². The maximum Gasteiger partial charge on any atom is 0.261 e. The SMILES string of the molecule is C[C@@H]1C[C@@H](C(N)=O)c2ccccc2N1C(=O)c1cc(Cl)ccc1F. The van der Waals surface area contributed by atoms with Gasteiger partial charge < -0.3 is 10.6 Å². The van der Waals surface area contributed by atoms with Gasteiger partial charge in [0.05, 0.1) is 11.5 Å². The predicted molar refractivity (Wildman–Crippen MR) is 90.7 cm³/mol. The van der Waals surface area contributed by atoms with Gasteiger partial charge in [-0.2, -0.15) is 0 Å². The molecule has 3 rings (SSSR count). The van der Waals surface area contributed by atoms with E-state index in [0.29, 0.717) is 17.7 Å². The minimum Gasteiger partial charge on any atom is -0.369 e. The van der Waals surface area contributed by atoms with Crippen molar-refractivity contribution in [2.45, 2.75) is 25.3 Å². The Kier molecular flexibility index (Phi) is 4.28. The maximum absolute atomic E-state index is 14.1. The summed E-state index contributed by atoms with van der Waals surface area (Å²) in [6, 6.07) is 10.6. The Balaban J connectivity index is 2.10. The van der Waals surface area contributed by atoms with Gasteiger partial charge in [0.25, 0.3) is 5.91 Å². The first kappa shape index (κ1) is 16.5. The fourth-order valence-electron chi connectivity index (χ4n) is 3.18. The molecule has 2 amide bonds. The second kappa shape index (κ2) is 6.24. The highest BCUT2D eigenvalue weighted by molar-refractivity contribution is 6.31. The van der Waals surface area contributed by atoms with Gasteiger partial charge >= 0.3 is 0 Å². The Hall–Kier alpha value is -2.40. The first-order valence-electron chi connectivity index (χ1n) is 7.57. The van der Waals surface area contributed by atoms with E-state index >= 15 is 0 Å². The monoisotopic (exact) mass is 346 g/mol. The number of anilines is 1. The van der Waals surface area contributed by atoms with Crippen LogP contribution in [0.5, 0.6) is 0 Å². The lowest BCUT2D eigenvalue weighted by atomic mass is 9.85. The van der Waals surface area contributed by atoms with Gasteiger partial charge in [0.15, 0.2) is 0 Å². The highest BCUT2D eigenvalue weighted by atomic mass is 35.5. The molecule has 0 saturated carbocycles. The van der Waals surface area contributed by atoms with E-state index in [0.717, 1.165) is 0 Å². The molecular formula is C18H16ClFN2O2. The van der Waals surface area contributed by atoms with Crippen LogP contribution in [0.2, 0.25) is 5.02 Å². The van der Waals surface area contributed by atoms with Crippen molar-refractivity contribution in [3.63, 3.8) is 0 Å². The molecule has 6 heteroatoms. The van der Waals surface area contributed by atoms with Gasteiger partial charge in [0.2, 0.25) is 5.91 Å². The van der Waals surface area contributed by atoms with Crippen molar-refractivity contribution in [2.24, 2.45) is 5.73 Å². The second-order valence-electron chi connectivity index (χ2n) is 5.90. The van der Waals surface area contributed by atoms with Crippen molar-refractivity contribution in [3.8, 4) is 0 Å². The third kappa shape index (κ3) is 2.76. The van der Waals surface area contributed by atoms with Crippen LogP contribution in [0.25, 0.3) is 0 Å². The summed E-state index contributed by atoms with van der Waals surface area (Å²) in [6.07, 6.45) is 0.389. The first-order chi connectivity index (χ1) is 11.4. The summed E-state index contributed by atoms with van der Waals surface area (Å²) >= 11 is 5.90. The molecule has 0 spiro atoms. The van der Waals surface area contributed by atoms with Crippen LogP contribution in [0.1, 0.15) is 35.2 Å². The molecule has 0 unspecified atom stereocenters. The zero-order chi connectivity index (χ0) is 17.4. The summed E-state index contributed by atoms with van der Waals surface area (Å²) in [4.78, 5) is 26.2. The molecule has 2 N–H and O–H groups in total. The van der Waals surface area contributed by atoms with Crippen LogP contribution in [0, 0.1) is 5.82 Å². The van der Waals surface area contributed by atoms with Gasteiger partial charge in [-0.3, -0.25) is 9.59 Å². The molecule has 2 aromatic carbocycles. The largest absolute Gasteiger partial charge is 0.369 e. The van der Waals surface area contributed by atoms with Crippen molar-refractivity contribution in [1.82, 2.24) is 0 Å². The summed E-state index contributed by atoms with van der Waals surface area (Å²) in [5.74, 6) is -2.02. The molecule has 0 fully saturated rings. The second-order valence-corrected chi connectivity index (χ2v) is 6.33. The number of halogens is 2. The van der Waals surface area contributed by atoms with Gasteiger partial charge in [0, 0.05) is 16.8 Å². The van der Waals surface area contributed by atoms with E-state index in [1.54, 1.807) is 24.3 Å². The van der Waals surface area contributed by atoms with Gasteiger partial charge in [-0.25, -0.2) is 4.39 Å². The number of primary amides is 1. The fraction of sp³-hybridized carbons (Fsp3) is 0.222. The van der Waals surface area contributed by atoms with Crippen LogP contribution in [0.3, 0.4) is 0 Å². The molecule has 24 heavy (non-hydrogen) atoms. The lowest BCUT2D eigenvalue weighted by Gasteiger charge is -2.38. The van der Waals surface area contributed by atoms with Crippen LogP contribution in [0.15, 0.2) is 42.5 Å². The topological polar surface area (TPSA) is 63.4 Å². The molecule has 124 valence electrons. The summed E-state index contributed by atoms with van der Waals surface area (Å²) in [5.41, 5.74) is 6.66. The highest BCUT2D eigenvalue weighted by Gasteiger charge is 2.36. The number of amides is 2. The Bertz CT molecular complexity index is 824. The van der Waals surface area contributed by atoms with Gasteiger partial charge in [-0.05, 0) is 43.2 Å². The van der Waals surface area contributed by atoms with Crippen molar-refractivity contribution in [2.75, 3.05) is 4.90 Å². The Morgan fingerprint density at radius 1 is 1.25 bits per heavy atom. The zero-order valence-corrected chi connectivity index (χ0v) is 13.8. The lowest BCUT2D eigenvalue weighted by Crippen LogP contribution is -2.45. The number of hydrogen-bond acceptors (Lipinski definition) is 2. The molecule has 1 heterocycles. The van der Waals surface area contributed by atoms with E-state index in [2.05, 4.69) is 0 Å². The molecule has 0 aliphatic carbocycles. The maximum atomic E-state index is 14.1. The molecule has 0 bridgehead atoms. The molecule has 0 aromatic heterocycles. The minimum atomic E-state index is -0.633. The average molecular weight is 347 g/mol. The molecule has 0 radical (unpaired) electrons. The third-order valence-electron chi connectivity index (χ3n) is 4.31. The molecule has 4 nitrogen and oxygen atoms in total. The van der Waals surface area contributed by atoms with Gasteiger partial charge in [-0.1, -0.05) is 29.8 Å². The van der Waals surface area contributed by atoms with Gasteiger partial charge in [0.1, 0.15) is 5.82 Å². The van der Waals surface area contributed by atoms with Crippen LogP contribution in [-0.2, 0) is 4.79 Å².